The summed E-state index contributed by atoms with van der Waals surface area (Å²) in [5.41, 5.74) is 0. The molecule has 7 nitrogen and oxygen atoms in total. The highest BCUT2D eigenvalue weighted by molar-refractivity contribution is 5.76. The van der Waals surface area contributed by atoms with Gasteiger partial charge in [0.25, 0.3) is 0 Å². The first-order valence-electron chi connectivity index (χ1n) is 5.61. The first kappa shape index (κ1) is 14.3. The third kappa shape index (κ3) is 3.36. The van der Waals surface area contributed by atoms with Crippen LogP contribution in [0.4, 0.5) is 0 Å². The van der Waals surface area contributed by atoms with Gasteiger partial charge in [-0.3, -0.25) is 4.79 Å². The van der Waals surface area contributed by atoms with Gasteiger partial charge in [0.2, 0.25) is 5.91 Å². The Labute approximate surface area is 99.0 Å². The Morgan fingerprint density at radius 1 is 1.29 bits per heavy atom. The molecule has 5 N–H and O–H groups in total. The van der Waals surface area contributed by atoms with Gasteiger partial charge in [-0.2, -0.15) is 0 Å². The number of hydrogen-bond donors (Lipinski definition) is 5. The summed E-state index contributed by atoms with van der Waals surface area (Å²) in [5.74, 6) is -0.339. The summed E-state index contributed by atoms with van der Waals surface area (Å²) in [6.07, 6.45) is -4.35. The maximum atomic E-state index is 11.3. The Morgan fingerprint density at radius 2 is 1.94 bits per heavy atom. The van der Waals surface area contributed by atoms with E-state index in [1.165, 1.54) is 0 Å². The van der Waals surface area contributed by atoms with Gasteiger partial charge in [0, 0.05) is 6.42 Å². The van der Waals surface area contributed by atoms with Gasteiger partial charge in [-0.25, -0.2) is 0 Å². The van der Waals surface area contributed by atoms with E-state index in [0.717, 1.165) is 0 Å². The molecule has 5 atom stereocenters. The van der Waals surface area contributed by atoms with Crippen LogP contribution in [-0.2, 0) is 9.53 Å². The minimum Gasteiger partial charge on any atom is -0.394 e. The molecule has 17 heavy (non-hydrogen) atoms. The van der Waals surface area contributed by atoms with Crippen molar-refractivity contribution < 1.29 is 30.0 Å². The number of ether oxygens (including phenoxy) is 1. The fourth-order valence-corrected chi connectivity index (χ4v) is 1.74. The smallest absolute Gasteiger partial charge is 0.220 e. The van der Waals surface area contributed by atoms with Crippen molar-refractivity contribution in [3.63, 3.8) is 0 Å². The molecule has 1 saturated heterocycles. The fourth-order valence-electron chi connectivity index (χ4n) is 1.74. The summed E-state index contributed by atoms with van der Waals surface area (Å²) in [5, 5.41) is 40.1. The SMILES string of the molecule is CCCC(=O)N[C@@H]1C(O)O[C@H](CO)[C@@H](O)[C@@H]1O. The molecule has 0 aromatic heterocycles. The van der Waals surface area contributed by atoms with E-state index >= 15 is 0 Å². The van der Waals surface area contributed by atoms with Crippen LogP contribution in [0, 0.1) is 0 Å². The zero-order valence-electron chi connectivity index (χ0n) is 9.61. The number of hydrogen-bond acceptors (Lipinski definition) is 6. The molecule has 1 aliphatic heterocycles. The van der Waals surface area contributed by atoms with Crippen molar-refractivity contribution in [2.45, 2.75) is 50.4 Å². The highest BCUT2D eigenvalue weighted by Crippen LogP contribution is 2.19. The zero-order valence-corrected chi connectivity index (χ0v) is 9.61. The average Bonchev–Trinajstić information content (AvgIpc) is 2.29. The predicted octanol–water partition coefficient (Wildman–Crippen LogP) is -2.30. The molecule has 7 heteroatoms. The number of aliphatic hydroxyl groups is 4. The van der Waals surface area contributed by atoms with Crippen LogP contribution in [0.15, 0.2) is 0 Å². The van der Waals surface area contributed by atoms with Crippen molar-refractivity contribution in [3.8, 4) is 0 Å². The fraction of sp³-hybridized carbons (Fsp3) is 0.900. The summed E-state index contributed by atoms with van der Waals surface area (Å²) >= 11 is 0. The van der Waals surface area contributed by atoms with E-state index in [9.17, 15) is 20.1 Å². The van der Waals surface area contributed by atoms with Crippen LogP contribution in [0.2, 0.25) is 0 Å². The second-order valence-electron chi connectivity index (χ2n) is 4.07. The van der Waals surface area contributed by atoms with E-state index in [0.29, 0.717) is 6.42 Å². The second kappa shape index (κ2) is 6.27. The van der Waals surface area contributed by atoms with E-state index in [-0.39, 0.29) is 12.3 Å². The molecule has 0 aromatic carbocycles. The van der Waals surface area contributed by atoms with Gasteiger partial charge in [-0.1, -0.05) is 6.92 Å². The van der Waals surface area contributed by atoms with E-state index in [4.69, 9.17) is 9.84 Å². The topological polar surface area (TPSA) is 119 Å². The van der Waals surface area contributed by atoms with Crippen LogP contribution in [0.25, 0.3) is 0 Å². The maximum Gasteiger partial charge on any atom is 0.220 e. The second-order valence-corrected chi connectivity index (χ2v) is 4.07. The van der Waals surface area contributed by atoms with Gasteiger partial charge in [0.05, 0.1) is 6.61 Å². The van der Waals surface area contributed by atoms with Crippen molar-refractivity contribution in [2.24, 2.45) is 0 Å². The number of nitrogens with one attached hydrogen (secondary N) is 1. The molecule has 1 amide bonds. The van der Waals surface area contributed by atoms with E-state index in [2.05, 4.69) is 5.32 Å². The quantitative estimate of drug-likeness (QED) is 0.382. The molecular formula is C10H19NO6. The van der Waals surface area contributed by atoms with Gasteiger partial charge in [0.15, 0.2) is 6.29 Å². The van der Waals surface area contributed by atoms with Crippen molar-refractivity contribution in [1.82, 2.24) is 5.32 Å². The van der Waals surface area contributed by atoms with Crippen molar-refractivity contribution >= 4 is 5.91 Å². The third-order valence-corrected chi connectivity index (χ3v) is 2.70. The molecule has 0 spiro atoms. The van der Waals surface area contributed by atoms with Crippen LogP contribution in [0.1, 0.15) is 19.8 Å². The Hall–Kier alpha value is -0.730. The lowest BCUT2D eigenvalue weighted by Crippen LogP contribution is -2.64. The molecule has 100 valence electrons. The van der Waals surface area contributed by atoms with Crippen LogP contribution in [0.3, 0.4) is 0 Å². The number of rotatable bonds is 4. The normalized spacial score (nSPS) is 37.8. The summed E-state index contributed by atoms with van der Waals surface area (Å²) < 4.78 is 4.89. The molecule has 1 fully saturated rings. The van der Waals surface area contributed by atoms with Gasteiger partial charge >= 0.3 is 0 Å². The monoisotopic (exact) mass is 249 g/mol. The molecule has 1 unspecified atom stereocenters. The molecule has 1 aliphatic rings. The molecule has 1 heterocycles. The Bertz CT molecular complexity index is 261. The summed E-state index contributed by atoms with van der Waals surface area (Å²) in [7, 11) is 0. The first-order chi connectivity index (χ1) is 8.01. The largest absolute Gasteiger partial charge is 0.394 e. The Morgan fingerprint density at radius 3 is 2.47 bits per heavy atom. The van der Waals surface area contributed by atoms with Gasteiger partial charge in [-0.15, -0.1) is 0 Å². The summed E-state index contributed by atoms with van der Waals surface area (Å²) in [6, 6.07) is -1.09. The minimum atomic E-state index is -1.45. The molecule has 0 aromatic rings. The number of aliphatic hydroxyl groups excluding tert-OH is 4. The summed E-state index contributed by atoms with van der Waals surface area (Å²) in [4.78, 5) is 11.3. The van der Waals surface area contributed by atoms with Crippen LogP contribution >= 0.6 is 0 Å². The van der Waals surface area contributed by atoms with Crippen LogP contribution in [-0.4, -0.2) is 63.6 Å². The standard InChI is InChI=1S/C10H19NO6/c1-2-3-6(13)11-7-9(15)8(14)5(4-12)17-10(7)16/h5,7-10,12,14-16H,2-4H2,1H3,(H,11,13)/t5-,7+,8-,9-,10?/m1/s1. The molecule has 0 radical (unpaired) electrons. The first-order valence-corrected chi connectivity index (χ1v) is 5.61. The summed E-state index contributed by atoms with van der Waals surface area (Å²) in [6.45, 7) is 1.30. The van der Waals surface area contributed by atoms with Crippen LogP contribution < -0.4 is 5.32 Å². The van der Waals surface area contributed by atoms with E-state index in [1.807, 2.05) is 6.92 Å². The lowest BCUT2D eigenvalue weighted by atomic mass is 9.97. The number of amides is 1. The van der Waals surface area contributed by atoms with Gasteiger partial charge in [-0.05, 0) is 6.42 Å². The maximum absolute atomic E-state index is 11.3. The lowest BCUT2D eigenvalue weighted by Gasteiger charge is -2.40. The van der Waals surface area contributed by atoms with Gasteiger partial charge in [0.1, 0.15) is 24.4 Å². The Balaban J connectivity index is 2.63. The minimum absolute atomic E-state index is 0.259. The predicted molar refractivity (Wildman–Crippen MR) is 56.8 cm³/mol. The van der Waals surface area contributed by atoms with Crippen molar-refractivity contribution in [3.05, 3.63) is 0 Å². The number of carbonyl (C=O) groups excluding carboxylic acids is 1. The molecule has 0 bridgehead atoms. The van der Waals surface area contributed by atoms with E-state index < -0.39 is 37.3 Å². The highest BCUT2D eigenvalue weighted by Gasteiger charge is 2.44. The van der Waals surface area contributed by atoms with Crippen molar-refractivity contribution in [1.29, 1.82) is 0 Å². The molecule has 0 saturated carbocycles. The average molecular weight is 249 g/mol. The number of carbonyl (C=O) groups is 1. The molecular weight excluding hydrogens is 230 g/mol. The Kier molecular flexibility index (Phi) is 5.29. The zero-order chi connectivity index (χ0) is 13.0. The van der Waals surface area contributed by atoms with Crippen molar-refractivity contribution in [2.75, 3.05) is 6.61 Å². The van der Waals surface area contributed by atoms with E-state index in [1.54, 1.807) is 0 Å². The lowest BCUT2D eigenvalue weighted by molar-refractivity contribution is -0.253. The highest BCUT2D eigenvalue weighted by atomic mass is 16.6. The van der Waals surface area contributed by atoms with Gasteiger partial charge < -0.3 is 30.5 Å². The third-order valence-electron chi connectivity index (χ3n) is 2.70. The van der Waals surface area contributed by atoms with Crippen LogP contribution in [0.5, 0.6) is 0 Å². The molecule has 0 aliphatic carbocycles. The molecule has 1 rings (SSSR count).